The van der Waals surface area contributed by atoms with Gasteiger partial charge in [-0.2, -0.15) is 0 Å². The number of nitrogens with zero attached hydrogens (tertiary/aromatic N) is 4. The standard InChI is InChI=1S/C20H23N5O/c1-14-6-5-11-25-16(12-22-19(14)25)13-23-20(26)24(2)18(15-8-9-15)17-7-3-4-10-21-17/h3-7,10-12,15,18H,8-9,13H2,1-2H3,(H,23,26)/t18-/m0/s1. The van der Waals surface area contributed by atoms with Crippen molar-refractivity contribution in [1.29, 1.82) is 0 Å². The van der Waals surface area contributed by atoms with E-state index in [-0.39, 0.29) is 12.1 Å². The smallest absolute Gasteiger partial charge is 0.318 e. The molecule has 0 spiro atoms. The van der Waals surface area contributed by atoms with Gasteiger partial charge in [-0.15, -0.1) is 0 Å². The fourth-order valence-corrected chi connectivity index (χ4v) is 3.47. The van der Waals surface area contributed by atoms with Crippen molar-refractivity contribution < 1.29 is 4.79 Å². The van der Waals surface area contributed by atoms with Gasteiger partial charge in [0.15, 0.2) is 0 Å². The van der Waals surface area contributed by atoms with E-state index in [4.69, 9.17) is 0 Å². The lowest BCUT2D eigenvalue weighted by atomic mass is 10.1. The molecule has 3 aromatic heterocycles. The van der Waals surface area contributed by atoms with Crippen molar-refractivity contribution in [2.75, 3.05) is 7.05 Å². The molecule has 0 aliphatic heterocycles. The number of nitrogens with one attached hydrogen (secondary N) is 1. The lowest BCUT2D eigenvalue weighted by Gasteiger charge is -2.28. The molecule has 2 amide bonds. The summed E-state index contributed by atoms with van der Waals surface area (Å²) < 4.78 is 2.02. The van der Waals surface area contributed by atoms with E-state index in [1.807, 2.05) is 61.1 Å². The average Bonchev–Trinajstić information content (AvgIpc) is 3.40. The molecule has 1 saturated carbocycles. The van der Waals surface area contributed by atoms with Gasteiger partial charge in [0.2, 0.25) is 0 Å². The zero-order valence-electron chi connectivity index (χ0n) is 15.1. The van der Waals surface area contributed by atoms with E-state index in [0.717, 1.165) is 35.4 Å². The highest BCUT2D eigenvalue weighted by atomic mass is 16.2. The summed E-state index contributed by atoms with van der Waals surface area (Å²) in [5.74, 6) is 0.499. The first kappa shape index (κ1) is 16.6. The molecule has 0 radical (unpaired) electrons. The molecule has 3 heterocycles. The Kier molecular flexibility index (Phi) is 4.32. The highest BCUT2D eigenvalue weighted by molar-refractivity contribution is 5.74. The number of aromatic nitrogens is 3. The molecule has 0 bridgehead atoms. The molecule has 26 heavy (non-hydrogen) atoms. The van der Waals surface area contributed by atoms with Crippen LogP contribution < -0.4 is 5.32 Å². The van der Waals surface area contributed by atoms with Crippen molar-refractivity contribution in [1.82, 2.24) is 24.6 Å². The topological polar surface area (TPSA) is 62.5 Å². The van der Waals surface area contributed by atoms with Gasteiger partial charge < -0.3 is 14.6 Å². The Bertz CT molecular complexity index is 916. The predicted octanol–water partition coefficient (Wildman–Crippen LogP) is 3.33. The Morgan fingerprint density at radius 3 is 2.88 bits per heavy atom. The van der Waals surface area contributed by atoms with Crippen molar-refractivity contribution in [3.05, 3.63) is 65.9 Å². The van der Waals surface area contributed by atoms with Crippen molar-refractivity contribution in [3.63, 3.8) is 0 Å². The van der Waals surface area contributed by atoms with E-state index < -0.39 is 0 Å². The van der Waals surface area contributed by atoms with Crippen LogP contribution in [0.2, 0.25) is 0 Å². The lowest BCUT2D eigenvalue weighted by molar-refractivity contribution is 0.181. The van der Waals surface area contributed by atoms with Gasteiger partial charge in [0, 0.05) is 19.4 Å². The highest BCUT2D eigenvalue weighted by Crippen LogP contribution is 2.43. The second kappa shape index (κ2) is 6.78. The molecule has 1 N–H and O–H groups in total. The van der Waals surface area contributed by atoms with Crippen LogP contribution in [0, 0.1) is 12.8 Å². The van der Waals surface area contributed by atoms with Gasteiger partial charge in [0.05, 0.1) is 30.2 Å². The monoisotopic (exact) mass is 349 g/mol. The quantitative estimate of drug-likeness (QED) is 0.768. The molecule has 3 aromatic rings. The first-order chi connectivity index (χ1) is 12.6. The molecule has 1 aliphatic carbocycles. The number of imidazole rings is 1. The third-order valence-electron chi connectivity index (χ3n) is 5.03. The molecular formula is C20H23N5O. The van der Waals surface area contributed by atoms with Crippen molar-refractivity contribution >= 4 is 11.7 Å². The maximum Gasteiger partial charge on any atom is 0.318 e. The number of hydrogen-bond acceptors (Lipinski definition) is 3. The Hall–Kier alpha value is -2.89. The Morgan fingerprint density at radius 1 is 1.31 bits per heavy atom. The van der Waals surface area contributed by atoms with Crippen molar-refractivity contribution in [3.8, 4) is 0 Å². The Morgan fingerprint density at radius 2 is 2.15 bits per heavy atom. The van der Waals surface area contributed by atoms with E-state index in [1.165, 1.54) is 0 Å². The van der Waals surface area contributed by atoms with Gasteiger partial charge >= 0.3 is 6.03 Å². The summed E-state index contributed by atoms with van der Waals surface area (Å²) in [6.45, 7) is 2.47. The second-order valence-electron chi connectivity index (χ2n) is 6.94. The molecule has 1 aliphatic rings. The number of aryl methyl sites for hydroxylation is 1. The van der Waals surface area contributed by atoms with E-state index >= 15 is 0 Å². The zero-order valence-corrected chi connectivity index (χ0v) is 15.1. The second-order valence-corrected chi connectivity index (χ2v) is 6.94. The van der Waals surface area contributed by atoms with E-state index in [0.29, 0.717) is 12.5 Å². The Labute approximate surface area is 152 Å². The van der Waals surface area contributed by atoms with Gasteiger partial charge in [-0.05, 0) is 49.4 Å². The minimum Gasteiger partial charge on any atom is -0.332 e. The van der Waals surface area contributed by atoms with Crippen LogP contribution in [0.1, 0.15) is 35.8 Å². The van der Waals surface area contributed by atoms with Gasteiger partial charge in [-0.1, -0.05) is 12.1 Å². The summed E-state index contributed by atoms with van der Waals surface area (Å²) in [5.41, 5.74) is 3.96. The van der Waals surface area contributed by atoms with E-state index in [1.54, 1.807) is 11.1 Å². The maximum absolute atomic E-state index is 12.7. The third kappa shape index (κ3) is 3.14. The van der Waals surface area contributed by atoms with Crippen LogP contribution in [-0.4, -0.2) is 32.3 Å². The van der Waals surface area contributed by atoms with Gasteiger partial charge in [-0.3, -0.25) is 4.98 Å². The third-order valence-corrected chi connectivity index (χ3v) is 5.03. The van der Waals surface area contributed by atoms with Gasteiger partial charge in [-0.25, -0.2) is 9.78 Å². The summed E-state index contributed by atoms with van der Waals surface area (Å²) in [5, 5.41) is 3.03. The highest BCUT2D eigenvalue weighted by Gasteiger charge is 2.37. The molecule has 0 unspecified atom stereocenters. The number of carbonyl (C=O) groups excluding carboxylic acids is 1. The number of carbonyl (C=O) groups is 1. The predicted molar refractivity (Wildman–Crippen MR) is 99.6 cm³/mol. The molecule has 134 valence electrons. The molecule has 0 aromatic carbocycles. The largest absolute Gasteiger partial charge is 0.332 e. The van der Waals surface area contributed by atoms with Crippen LogP contribution in [0.4, 0.5) is 4.79 Å². The Balaban J connectivity index is 1.47. The minimum absolute atomic E-state index is 0.0284. The summed E-state index contributed by atoms with van der Waals surface area (Å²) in [6, 6.07) is 9.85. The molecule has 1 fully saturated rings. The summed E-state index contributed by atoms with van der Waals surface area (Å²) >= 11 is 0. The maximum atomic E-state index is 12.7. The zero-order chi connectivity index (χ0) is 18.1. The van der Waals surface area contributed by atoms with E-state index in [2.05, 4.69) is 15.3 Å². The molecule has 0 saturated heterocycles. The number of urea groups is 1. The van der Waals surface area contributed by atoms with Crippen LogP contribution in [-0.2, 0) is 6.54 Å². The average molecular weight is 349 g/mol. The number of fused-ring (bicyclic) bond motifs is 1. The van der Waals surface area contributed by atoms with Crippen LogP contribution in [0.15, 0.2) is 48.9 Å². The molecule has 4 rings (SSSR count). The van der Waals surface area contributed by atoms with Crippen LogP contribution in [0.3, 0.4) is 0 Å². The SMILES string of the molecule is Cc1cccn2c(CNC(=O)N(C)[C@H](c3ccccn3)C3CC3)cnc12. The molecule has 1 atom stereocenters. The number of pyridine rings is 2. The fourth-order valence-electron chi connectivity index (χ4n) is 3.47. The molecule has 6 nitrogen and oxygen atoms in total. The first-order valence-corrected chi connectivity index (χ1v) is 8.98. The summed E-state index contributed by atoms with van der Waals surface area (Å²) in [7, 11) is 1.85. The van der Waals surface area contributed by atoms with Crippen LogP contribution in [0.5, 0.6) is 0 Å². The number of hydrogen-bond donors (Lipinski definition) is 1. The van der Waals surface area contributed by atoms with Crippen molar-refractivity contribution in [2.24, 2.45) is 5.92 Å². The van der Waals surface area contributed by atoms with E-state index in [9.17, 15) is 4.79 Å². The fraction of sp³-hybridized carbons (Fsp3) is 0.350. The normalized spacial score (nSPS) is 15.0. The first-order valence-electron chi connectivity index (χ1n) is 8.98. The molecular weight excluding hydrogens is 326 g/mol. The minimum atomic E-state index is -0.0878. The van der Waals surface area contributed by atoms with Gasteiger partial charge in [0.1, 0.15) is 5.65 Å². The lowest BCUT2D eigenvalue weighted by Crippen LogP contribution is -2.40. The summed E-state index contributed by atoms with van der Waals surface area (Å²) in [4.78, 5) is 23.5. The van der Waals surface area contributed by atoms with Crippen LogP contribution >= 0.6 is 0 Å². The summed E-state index contributed by atoms with van der Waals surface area (Å²) in [6.07, 6.45) is 7.87. The van der Waals surface area contributed by atoms with Gasteiger partial charge in [0.25, 0.3) is 0 Å². The van der Waals surface area contributed by atoms with Crippen LogP contribution in [0.25, 0.3) is 5.65 Å². The van der Waals surface area contributed by atoms with Crippen molar-refractivity contribution in [2.45, 2.75) is 32.4 Å². The molecule has 6 heteroatoms. The number of rotatable bonds is 5. The number of amides is 2.